The number of sulfone groups is 1. The molecular weight excluding hydrogens is 354 g/mol. The van der Waals surface area contributed by atoms with Crippen LogP contribution in [0.4, 0.5) is 5.69 Å². The van der Waals surface area contributed by atoms with E-state index in [1.54, 1.807) is 6.07 Å². The minimum absolute atomic E-state index is 0.211. The minimum Gasteiger partial charge on any atom is -0.454 e. The molecule has 132 valence electrons. The molecule has 0 spiro atoms. The standard InChI is InChI=1S/C14H13N3O7S/c1-8(16)10(6-15)12(18)7-24-14(19)9-3-4-13(25(2,22)23)11(5-9)17(20)21/h3-5,10H,1,7,16H2,2H3/t10-/m0/s1. The molecule has 0 saturated carbocycles. The lowest BCUT2D eigenvalue weighted by Crippen LogP contribution is -2.25. The van der Waals surface area contributed by atoms with Crippen molar-refractivity contribution in [3.05, 3.63) is 46.2 Å². The van der Waals surface area contributed by atoms with Crippen molar-refractivity contribution in [3.63, 3.8) is 0 Å². The Kier molecular flexibility index (Phi) is 5.97. The Bertz CT molecular complexity index is 899. The van der Waals surface area contributed by atoms with Crippen LogP contribution in [0.25, 0.3) is 0 Å². The fourth-order valence-electron chi connectivity index (χ4n) is 1.77. The Morgan fingerprint density at radius 2 is 2.08 bits per heavy atom. The number of nitrogens with zero attached hydrogens (tertiary/aromatic N) is 2. The van der Waals surface area contributed by atoms with Gasteiger partial charge in [-0.15, -0.1) is 0 Å². The fourth-order valence-corrected chi connectivity index (χ4v) is 2.59. The van der Waals surface area contributed by atoms with Crippen molar-refractivity contribution >= 4 is 27.3 Å². The van der Waals surface area contributed by atoms with Crippen LogP contribution in [0.5, 0.6) is 0 Å². The zero-order chi connectivity index (χ0) is 19.4. The molecule has 11 heteroatoms. The zero-order valence-corrected chi connectivity index (χ0v) is 13.8. The quantitative estimate of drug-likeness (QED) is 0.405. The molecule has 0 aliphatic rings. The van der Waals surface area contributed by atoms with Crippen molar-refractivity contribution in [3.8, 4) is 6.07 Å². The van der Waals surface area contributed by atoms with E-state index < -0.39 is 49.6 Å². The number of esters is 1. The van der Waals surface area contributed by atoms with E-state index in [4.69, 9.17) is 11.0 Å². The first-order valence-corrected chi connectivity index (χ1v) is 8.40. The van der Waals surface area contributed by atoms with Crippen molar-refractivity contribution in [1.82, 2.24) is 0 Å². The predicted octanol–water partition coefficient (Wildman–Crippen LogP) is 0.336. The van der Waals surface area contributed by atoms with Crippen molar-refractivity contribution in [2.24, 2.45) is 11.7 Å². The highest BCUT2D eigenvalue weighted by Gasteiger charge is 2.25. The third-order valence-corrected chi connectivity index (χ3v) is 4.10. The van der Waals surface area contributed by atoms with Crippen molar-refractivity contribution in [2.75, 3.05) is 12.9 Å². The van der Waals surface area contributed by atoms with Crippen LogP contribution in [0, 0.1) is 27.4 Å². The highest BCUT2D eigenvalue weighted by atomic mass is 32.2. The van der Waals surface area contributed by atoms with E-state index in [1.165, 1.54) is 0 Å². The van der Waals surface area contributed by atoms with Crippen molar-refractivity contribution in [2.45, 2.75) is 4.90 Å². The summed E-state index contributed by atoms with van der Waals surface area (Å²) in [5, 5.41) is 19.8. The van der Waals surface area contributed by atoms with Gasteiger partial charge >= 0.3 is 5.97 Å². The normalized spacial score (nSPS) is 11.8. The minimum atomic E-state index is -3.88. The highest BCUT2D eigenvalue weighted by molar-refractivity contribution is 7.90. The molecule has 2 N–H and O–H groups in total. The molecule has 25 heavy (non-hydrogen) atoms. The number of Topliss-reactive ketones (excluding diaryl/α,β-unsaturated/α-hetero) is 1. The molecule has 0 fully saturated rings. The second-order valence-electron chi connectivity index (χ2n) is 4.89. The molecule has 0 amide bonds. The van der Waals surface area contributed by atoms with Crippen LogP contribution in [0.3, 0.4) is 0 Å². The number of rotatable bonds is 7. The third kappa shape index (κ3) is 4.85. The first kappa shape index (κ1) is 19.8. The third-order valence-electron chi connectivity index (χ3n) is 2.96. The molecule has 0 saturated heterocycles. The maximum atomic E-state index is 11.9. The Hall–Kier alpha value is -3.26. The van der Waals surface area contributed by atoms with Gasteiger partial charge in [-0.05, 0) is 12.1 Å². The number of hydrogen-bond acceptors (Lipinski definition) is 9. The van der Waals surface area contributed by atoms with E-state index in [-0.39, 0.29) is 11.3 Å². The Balaban J connectivity index is 3.03. The van der Waals surface area contributed by atoms with Gasteiger partial charge in [0.05, 0.1) is 16.6 Å². The Labute approximate surface area is 142 Å². The van der Waals surface area contributed by atoms with E-state index in [0.717, 1.165) is 24.5 Å². The van der Waals surface area contributed by atoms with Crippen LogP contribution in [-0.4, -0.2) is 38.0 Å². The lowest BCUT2D eigenvalue weighted by molar-refractivity contribution is -0.387. The van der Waals surface area contributed by atoms with Crippen LogP contribution >= 0.6 is 0 Å². The second-order valence-corrected chi connectivity index (χ2v) is 6.88. The molecule has 1 aromatic rings. The number of nitro groups is 1. The topological polar surface area (TPSA) is 170 Å². The summed E-state index contributed by atoms with van der Waals surface area (Å²) in [5.74, 6) is -3.27. The van der Waals surface area contributed by atoms with Crippen LogP contribution in [0.15, 0.2) is 35.4 Å². The average Bonchev–Trinajstić information content (AvgIpc) is 2.51. The number of nitrogens with two attached hydrogens (primary N) is 1. The SMILES string of the molecule is C=C(N)[C@H](C#N)C(=O)COC(=O)c1ccc(S(C)(=O)=O)c([N+](=O)[O-])c1. The van der Waals surface area contributed by atoms with Gasteiger partial charge in [-0.25, -0.2) is 13.2 Å². The number of benzene rings is 1. The molecular formula is C14H13N3O7S. The van der Waals surface area contributed by atoms with Crippen LogP contribution in [0.2, 0.25) is 0 Å². The smallest absolute Gasteiger partial charge is 0.338 e. The highest BCUT2D eigenvalue weighted by Crippen LogP contribution is 2.25. The van der Waals surface area contributed by atoms with Gasteiger partial charge in [-0.2, -0.15) is 5.26 Å². The first-order chi connectivity index (χ1) is 11.5. The van der Waals surface area contributed by atoms with E-state index in [0.29, 0.717) is 0 Å². The number of carbonyl (C=O) groups is 2. The molecule has 1 aromatic carbocycles. The van der Waals surface area contributed by atoms with Crippen LogP contribution in [0.1, 0.15) is 10.4 Å². The van der Waals surface area contributed by atoms with E-state index in [2.05, 4.69) is 11.3 Å². The molecule has 0 radical (unpaired) electrons. The van der Waals surface area contributed by atoms with Crippen LogP contribution < -0.4 is 5.73 Å². The number of allylic oxidation sites excluding steroid dienone is 1. The lowest BCUT2D eigenvalue weighted by Gasteiger charge is -2.09. The van der Waals surface area contributed by atoms with Gasteiger partial charge < -0.3 is 10.5 Å². The van der Waals surface area contributed by atoms with Gasteiger partial charge in [0.1, 0.15) is 10.8 Å². The zero-order valence-electron chi connectivity index (χ0n) is 13.0. The van der Waals surface area contributed by atoms with Crippen molar-refractivity contribution in [1.29, 1.82) is 5.26 Å². The number of nitro benzene ring substituents is 1. The number of nitriles is 1. The summed E-state index contributed by atoms with van der Waals surface area (Å²) in [6, 6.07) is 4.23. The summed E-state index contributed by atoms with van der Waals surface area (Å²) >= 11 is 0. The fraction of sp³-hybridized carbons (Fsp3) is 0.214. The summed E-state index contributed by atoms with van der Waals surface area (Å²) in [5.41, 5.74) is 3.93. The maximum absolute atomic E-state index is 11.9. The van der Waals surface area contributed by atoms with Gasteiger partial charge in [0.25, 0.3) is 5.69 Å². The molecule has 0 aliphatic heterocycles. The molecule has 1 rings (SSSR count). The summed E-state index contributed by atoms with van der Waals surface area (Å²) in [4.78, 5) is 33.0. The summed E-state index contributed by atoms with van der Waals surface area (Å²) in [6.07, 6.45) is 0.785. The molecule has 0 aliphatic carbocycles. The van der Waals surface area contributed by atoms with Gasteiger partial charge in [-0.3, -0.25) is 14.9 Å². The van der Waals surface area contributed by atoms with Gasteiger partial charge in [0.2, 0.25) is 0 Å². The molecule has 1 atom stereocenters. The van der Waals surface area contributed by atoms with E-state index in [1.807, 2.05) is 0 Å². The molecule has 0 aromatic heterocycles. The maximum Gasteiger partial charge on any atom is 0.338 e. The Morgan fingerprint density at radius 1 is 1.48 bits per heavy atom. The summed E-state index contributed by atoms with van der Waals surface area (Å²) in [6.45, 7) is 2.46. The van der Waals surface area contributed by atoms with Gasteiger partial charge in [-0.1, -0.05) is 6.58 Å². The molecule has 0 heterocycles. The average molecular weight is 367 g/mol. The van der Waals surface area contributed by atoms with Crippen LogP contribution in [-0.2, 0) is 19.4 Å². The predicted molar refractivity (Wildman–Crippen MR) is 83.9 cm³/mol. The summed E-state index contributed by atoms with van der Waals surface area (Å²) in [7, 11) is -3.88. The van der Waals surface area contributed by atoms with E-state index in [9.17, 15) is 28.1 Å². The summed E-state index contributed by atoms with van der Waals surface area (Å²) < 4.78 is 27.7. The van der Waals surface area contributed by atoms with E-state index >= 15 is 0 Å². The van der Waals surface area contributed by atoms with Gasteiger partial charge in [0, 0.05) is 18.0 Å². The molecule has 0 unspecified atom stereocenters. The number of carbonyl (C=O) groups excluding carboxylic acids is 2. The largest absolute Gasteiger partial charge is 0.454 e. The number of ether oxygens (including phenoxy) is 1. The first-order valence-electron chi connectivity index (χ1n) is 6.51. The Morgan fingerprint density at radius 3 is 2.52 bits per heavy atom. The molecule has 0 bridgehead atoms. The number of hydrogen-bond donors (Lipinski definition) is 1. The number of ketones is 1. The van der Waals surface area contributed by atoms with Crippen molar-refractivity contribution < 1.29 is 27.7 Å². The lowest BCUT2D eigenvalue weighted by atomic mass is 10.0. The molecule has 10 nitrogen and oxygen atoms in total. The van der Waals surface area contributed by atoms with Gasteiger partial charge in [0.15, 0.2) is 22.2 Å². The monoisotopic (exact) mass is 367 g/mol. The second kappa shape index (κ2) is 7.54.